The lowest BCUT2D eigenvalue weighted by Gasteiger charge is -2.24. The Morgan fingerprint density at radius 2 is 2.09 bits per heavy atom. The van der Waals surface area contributed by atoms with Crippen LogP contribution in [0.15, 0.2) is 43.0 Å². The molecule has 124 valence electrons. The quantitative estimate of drug-likeness (QED) is 0.734. The number of ether oxygens (including phenoxy) is 1. The summed E-state index contributed by atoms with van der Waals surface area (Å²) in [5, 5.41) is 18.3. The lowest BCUT2D eigenvalue weighted by atomic mass is 9.96. The molecule has 0 bridgehead atoms. The maximum absolute atomic E-state index is 10.6. The van der Waals surface area contributed by atoms with Crippen molar-refractivity contribution in [1.29, 1.82) is 0 Å². The third-order valence-corrected chi connectivity index (χ3v) is 3.79. The summed E-state index contributed by atoms with van der Waals surface area (Å²) in [5.74, 6) is 0.731. The number of hydrogen-bond acceptors (Lipinski definition) is 4. The monoisotopic (exact) mass is 315 g/mol. The van der Waals surface area contributed by atoms with Crippen molar-refractivity contribution in [2.24, 2.45) is 7.05 Å². The van der Waals surface area contributed by atoms with Gasteiger partial charge in [-0.15, -0.1) is 0 Å². The van der Waals surface area contributed by atoms with Gasteiger partial charge in [0, 0.05) is 20.1 Å². The molecule has 0 saturated carbocycles. The summed E-state index contributed by atoms with van der Waals surface area (Å²) < 4.78 is 7.41. The molecule has 0 saturated heterocycles. The molecule has 0 aliphatic carbocycles. The van der Waals surface area contributed by atoms with Crippen LogP contribution in [0.3, 0.4) is 0 Å². The second-order valence-corrected chi connectivity index (χ2v) is 5.84. The second kappa shape index (κ2) is 7.44. The predicted octanol–water partition coefficient (Wildman–Crippen LogP) is 2.29. The molecule has 2 rings (SSSR count). The second-order valence-electron chi connectivity index (χ2n) is 5.84. The summed E-state index contributed by atoms with van der Waals surface area (Å²) in [7, 11) is 1.86. The van der Waals surface area contributed by atoms with E-state index >= 15 is 0 Å². The lowest BCUT2D eigenvalue weighted by molar-refractivity contribution is 0.0566. The van der Waals surface area contributed by atoms with E-state index in [9.17, 15) is 5.11 Å². The van der Waals surface area contributed by atoms with Crippen molar-refractivity contribution in [2.45, 2.75) is 26.0 Å². The fourth-order valence-electron chi connectivity index (χ4n) is 2.53. The van der Waals surface area contributed by atoms with Crippen molar-refractivity contribution in [1.82, 2.24) is 15.1 Å². The maximum Gasteiger partial charge on any atom is 0.216 e. The number of nitrogens with one attached hydrogen (secondary N) is 1. The molecular formula is C18H25N3O2. The average Bonchev–Trinajstić information content (AvgIpc) is 2.80. The number of aliphatic hydroxyl groups is 1. The Hall–Kier alpha value is -2.11. The van der Waals surface area contributed by atoms with Crippen molar-refractivity contribution in [3.8, 4) is 5.88 Å². The molecule has 0 aliphatic heterocycles. The largest absolute Gasteiger partial charge is 0.473 e. The van der Waals surface area contributed by atoms with Gasteiger partial charge in [-0.2, -0.15) is 5.10 Å². The Labute approximate surface area is 137 Å². The van der Waals surface area contributed by atoms with Crippen LogP contribution in [-0.2, 0) is 19.2 Å². The molecule has 5 nitrogen and oxygen atoms in total. The molecule has 0 amide bonds. The molecular weight excluding hydrogens is 290 g/mol. The van der Waals surface area contributed by atoms with Gasteiger partial charge in [-0.1, -0.05) is 43.0 Å². The van der Waals surface area contributed by atoms with Gasteiger partial charge in [0.2, 0.25) is 5.88 Å². The molecule has 1 aromatic carbocycles. The normalized spacial score (nSPS) is 13.6. The van der Waals surface area contributed by atoms with E-state index in [0.29, 0.717) is 19.7 Å². The highest BCUT2D eigenvalue weighted by molar-refractivity contribution is 5.31. The minimum Gasteiger partial charge on any atom is -0.473 e. The van der Waals surface area contributed by atoms with Crippen LogP contribution in [0, 0.1) is 6.92 Å². The van der Waals surface area contributed by atoms with E-state index < -0.39 is 5.60 Å². The Morgan fingerprint density at radius 1 is 1.39 bits per heavy atom. The molecule has 2 N–H and O–H groups in total. The third-order valence-electron chi connectivity index (χ3n) is 3.79. The van der Waals surface area contributed by atoms with Crippen molar-refractivity contribution < 1.29 is 9.84 Å². The van der Waals surface area contributed by atoms with Gasteiger partial charge in [-0.25, -0.2) is 4.68 Å². The fourth-order valence-corrected chi connectivity index (χ4v) is 2.53. The van der Waals surface area contributed by atoms with Crippen molar-refractivity contribution in [2.75, 3.05) is 13.2 Å². The Kier molecular flexibility index (Phi) is 5.58. The van der Waals surface area contributed by atoms with Crippen LogP contribution in [0.25, 0.3) is 0 Å². The van der Waals surface area contributed by atoms with Crippen LogP contribution < -0.4 is 10.1 Å². The van der Waals surface area contributed by atoms with Crippen LogP contribution in [0.4, 0.5) is 0 Å². The van der Waals surface area contributed by atoms with Crippen LogP contribution in [0.5, 0.6) is 5.88 Å². The zero-order valence-corrected chi connectivity index (χ0v) is 14.0. The standard InChI is InChI=1S/C18H25N3O2/c1-5-11-23-17-16(14(2)20-21(17)4)12-19-13-18(3,22)15-9-7-6-8-10-15/h5-10,19,22H,1,11-13H2,2-4H3. The van der Waals surface area contributed by atoms with Crippen LogP contribution in [0.2, 0.25) is 0 Å². The smallest absolute Gasteiger partial charge is 0.216 e. The Morgan fingerprint density at radius 3 is 2.74 bits per heavy atom. The van der Waals surface area contributed by atoms with Crippen molar-refractivity contribution in [3.63, 3.8) is 0 Å². The number of aryl methyl sites for hydroxylation is 2. The number of hydrogen-bond donors (Lipinski definition) is 2. The first-order chi connectivity index (χ1) is 11.0. The SMILES string of the molecule is C=CCOc1c(CNCC(C)(O)c2ccccc2)c(C)nn1C. The molecule has 1 unspecified atom stereocenters. The number of nitrogens with zero attached hydrogens (tertiary/aromatic N) is 2. The fraction of sp³-hybridized carbons (Fsp3) is 0.389. The molecule has 0 radical (unpaired) electrons. The van der Waals surface area contributed by atoms with Crippen LogP contribution in [0.1, 0.15) is 23.7 Å². The van der Waals surface area contributed by atoms with E-state index in [1.165, 1.54) is 0 Å². The summed E-state index contributed by atoms with van der Waals surface area (Å²) >= 11 is 0. The zero-order chi connectivity index (χ0) is 16.9. The highest BCUT2D eigenvalue weighted by atomic mass is 16.5. The first-order valence-electron chi connectivity index (χ1n) is 7.70. The molecule has 23 heavy (non-hydrogen) atoms. The minimum atomic E-state index is -0.931. The summed E-state index contributed by atoms with van der Waals surface area (Å²) in [6, 6.07) is 9.65. The third kappa shape index (κ3) is 4.21. The number of aromatic nitrogens is 2. The summed E-state index contributed by atoms with van der Waals surface area (Å²) in [6.07, 6.45) is 1.71. The highest BCUT2D eigenvalue weighted by Crippen LogP contribution is 2.23. The van der Waals surface area contributed by atoms with Gasteiger partial charge >= 0.3 is 0 Å². The topological polar surface area (TPSA) is 59.3 Å². The summed E-state index contributed by atoms with van der Waals surface area (Å²) in [6.45, 7) is 8.88. The van der Waals surface area contributed by atoms with E-state index in [2.05, 4.69) is 17.0 Å². The molecule has 5 heteroatoms. The van der Waals surface area contributed by atoms with E-state index in [-0.39, 0.29) is 0 Å². The van der Waals surface area contributed by atoms with E-state index in [4.69, 9.17) is 4.74 Å². The lowest BCUT2D eigenvalue weighted by Crippen LogP contribution is -2.35. The molecule has 1 atom stereocenters. The Balaban J connectivity index is 2.02. The Bertz CT molecular complexity index is 648. The summed E-state index contributed by atoms with van der Waals surface area (Å²) in [4.78, 5) is 0. The molecule has 1 heterocycles. The number of rotatable bonds is 8. The van der Waals surface area contributed by atoms with Gasteiger partial charge in [0.05, 0.1) is 16.9 Å². The average molecular weight is 315 g/mol. The predicted molar refractivity (Wildman–Crippen MR) is 91.4 cm³/mol. The van der Waals surface area contributed by atoms with Gasteiger partial charge in [0.1, 0.15) is 6.61 Å². The zero-order valence-electron chi connectivity index (χ0n) is 14.0. The first-order valence-corrected chi connectivity index (χ1v) is 7.70. The van der Waals surface area contributed by atoms with Gasteiger partial charge in [-0.3, -0.25) is 0 Å². The molecule has 0 spiro atoms. The minimum absolute atomic E-state index is 0.437. The van der Waals surface area contributed by atoms with Crippen molar-refractivity contribution in [3.05, 3.63) is 59.8 Å². The van der Waals surface area contributed by atoms with Crippen LogP contribution in [-0.4, -0.2) is 28.0 Å². The number of benzene rings is 1. The molecule has 2 aromatic rings. The summed E-state index contributed by atoms with van der Waals surface area (Å²) in [5.41, 5.74) is 1.87. The van der Waals surface area contributed by atoms with E-state index in [1.807, 2.05) is 44.3 Å². The van der Waals surface area contributed by atoms with Gasteiger partial charge in [0.15, 0.2) is 0 Å². The molecule has 0 aliphatic rings. The van der Waals surface area contributed by atoms with Gasteiger partial charge in [-0.05, 0) is 19.4 Å². The van der Waals surface area contributed by atoms with E-state index in [1.54, 1.807) is 17.7 Å². The highest BCUT2D eigenvalue weighted by Gasteiger charge is 2.23. The van der Waals surface area contributed by atoms with Gasteiger partial charge in [0.25, 0.3) is 0 Å². The molecule has 0 fully saturated rings. The van der Waals surface area contributed by atoms with Crippen LogP contribution >= 0.6 is 0 Å². The van der Waals surface area contributed by atoms with Crippen molar-refractivity contribution >= 4 is 0 Å². The molecule has 1 aromatic heterocycles. The van der Waals surface area contributed by atoms with Gasteiger partial charge < -0.3 is 15.2 Å². The first kappa shape index (κ1) is 17.2. The van der Waals surface area contributed by atoms with E-state index in [0.717, 1.165) is 22.7 Å². The maximum atomic E-state index is 10.6.